The van der Waals surface area contributed by atoms with Gasteiger partial charge in [0.15, 0.2) is 0 Å². The molecule has 0 aliphatic rings. The van der Waals surface area contributed by atoms with Gasteiger partial charge in [-0.15, -0.1) is 0 Å². The van der Waals surface area contributed by atoms with Crippen molar-refractivity contribution in [3.05, 3.63) is 34.9 Å². The van der Waals surface area contributed by atoms with Crippen LogP contribution in [0.5, 0.6) is 0 Å². The fourth-order valence-corrected chi connectivity index (χ4v) is 1.84. The number of hydrogen-bond donors (Lipinski definition) is 2. The number of halogens is 1. The maximum absolute atomic E-state index is 5.90. The van der Waals surface area contributed by atoms with Crippen molar-refractivity contribution in [3.63, 3.8) is 0 Å². The lowest BCUT2D eigenvalue weighted by molar-refractivity contribution is 0.434. The molecule has 17 heavy (non-hydrogen) atoms. The van der Waals surface area contributed by atoms with Crippen molar-refractivity contribution in [2.75, 3.05) is 19.6 Å². The van der Waals surface area contributed by atoms with Gasteiger partial charge in [0.25, 0.3) is 0 Å². The molecular weight excluding hydrogens is 232 g/mol. The third-order valence-electron chi connectivity index (χ3n) is 3.09. The Morgan fingerprint density at radius 2 is 1.88 bits per heavy atom. The van der Waals surface area contributed by atoms with Gasteiger partial charge < -0.3 is 11.1 Å². The highest BCUT2D eigenvalue weighted by molar-refractivity contribution is 6.30. The van der Waals surface area contributed by atoms with E-state index in [2.05, 4.69) is 38.2 Å². The summed E-state index contributed by atoms with van der Waals surface area (Å²) in [6.45, 7) is 9.26. The molecule has 1 atom stereocenters. The Morgan fingerprint density at radius 3 is 2.41 bits per heavy atom. The van der Waals surface area contributed by atoms with Crippen molar-refractivity contribution >= 4 is 11.6 Å². The van der Waals surface area contributed by atoms with E-state index in [1.807, 2.05) is 12.1 Å². The Hall–Kier alpha value is -0.570. The molecule has 1 aromatic rings. The van der Waals surface area contributed by atoms with Crippen LogP contribution < -0.4 is 11.1 Å². The van der Waals surface area contributed by atoms with Crippen LogP contribution in [0.2, 0.25) is 5.02 Å². The minimum Gasteiger partial charge on any atom is -0.330 e. The van der Waals surface area contributed by atoms with Gasteiger partial charge in [-0.25, -0.2) is 0 Å². The summed E-state index contributed by atoms with van der Waals surface area (Å²) >= 11 is 5.90. The quantitative estimate of drug-likeness (QED) is 0.819. The Labute approximate surface area is 110 Å². The van der Waals surface area contributed by atoms with E-state index in [1.54, 1.807) is 0 Å². The van der Waals surface area contributed by atoms with Gasteiger partial charge >= 0.3 is 0 Å². The first kappa shape index (κ1) is 14.5. The maximum atomic E-state index is 5.90. The number of rotatable bonds is 6. The average Bonchev–Trinajstić information content (AvgIpc) is 2.29. The zero-order chi connectivity index (χ0) is 12.9. The molecule has 1 aromatic carbocycles. The van der Waals surface area contributed by atoms with Crippen molar-refractivity contribution in [1.82, 2.24) is 5.32 Å². The molecule has 3 N–H and O–H groups in total. The normalized spacial score (nSPS) is 13.7. The van der Waals surface area contributed by atoms with Crippen molar-refractivity contribution in [2.24, 2.45) is 11.7 Å². The van der Waals surface area contributed by atoms with Crippen LogP contribution in [0.25, 0.3) is 0 Å². The molecule has 0 aliphatic carbocycles. The van der Waals surface area contributed by atoms with E-state index in [-0.39, 0.29) is 5.41 Å². The molecular formula is C14H23ClN2. The van der Waals surface area contributed by atoms with E-state index in [4.69, 9.17) is 17.3 Å². The van der Waals surface area contributed by atoms with Crippen molar-refractivity contribution < 1.29 is 0 Å². The summed E-state index contributed by atoms with van der Waals surface area (Å²) in [7, 11) is 0. The molecule has 1 rings (SSSR count). The molecule has 0 saturated carbocycles. The van der Waals surface area contributed by atoms with Gasteiger partial charge in [-0.1, -0.05) is 44.5 Å². The first-order valence-electron chi connectivity index (χ1n) is 6.12. The van der Waals surface area contributed by atoms with Gasteiger partial charge in [0.2, 0.25) is 0 Å². The Bertz CT molecular complexity index is 333. The van der Waals surface area contributed by atoms with Crippen LogP contribution in [0, 0.1) is 5.92 Å². The average molecular weight is 255 g/mol. The van der Waals surface area contributed by atoms with Gasteiger partial charge in [-0.3, -0.25) is 0 Å². The maximum Gasteiger partial charge on any atom is 0.0406 e. The number of hydrogen-bond acceptors (Lipinski definition) is 2. The first-order valence-corrected chi connectivity index (χ1v) is 6.50. The molecule has 3 heteroatoms. The predicted molar refractivity (Wildman–Crippen MR) is 75.6 cm³/mol. The molecule has 0 fully saturated rings. The van der Waals surface area contributed by atoms with E-state index < -0.39 is 0 Å². The van der Waals surface area contributed by atoms with E-state index >= 15 is 0 Å². The lowest BCUT2D eigenvalue weighted by atomic mass is 9.84. The lowest BCUT2D eigenvalue weighted by Crippen LogP contribution is -2.36. The molecule has 0 saturated heterocycles. The molecule has 1 unspecified atom stereocenters. The van der Waals surface area contributed by atoms with Gasteiger partial charge in [0.1, 0.15) is 0 Å². The van der Waals surface area contributed by atoms with Gasteiger partial charge in [0, 0.05) is 17.0 Å². The van der Waals surface area contributed by atoms with Crippen LogP contribution >= 0.6 is 11.6 Å². The molecule has 0 radical (unpaired) electrons. The second-order valence-corrected chi connectivity index (χ2v) is 5.80. The lowest BCUT2D eigenvalue weighted by Gasteiger charge is -2.26. The minimum absolute atomic E-state index is 0.110. The smallest absolute Gasteiger partial charge is 0.0406 e. The monoisotopic (exact) mass is 254 g/mol. The number of benzene rings is 1. The summed E-state index contributed by atoms with van der Waals surface area (Å²) in [5.41, 5.74) is 7.01. The molecule has 0 aromatic heterocycles. The van der Waals surface area contributed by atoms with Crippen LogP contribution in [-0.4, -0.2) is 19.6 Å². The SMILES string of the molecule is CC(CN)CNCC(C)(C)c1ccc(Cl)cc1. The van der Waals surface area contributed by atoms with Crippen LogP contribution in [0.3, 0.4) is 0 Å². The van der Waals surface area contributed by atoms with Gasteiger partial charge in [-0.2, -0.15) is 0 Å². The van der Waals surface area contributed by atoms with Crippen LogP contribution in [-0.2, 0) is 5.41 Å². The van der Waals surface area contributed by atoms with Crippen molar-refractivity contribution in [1.29, 1.82) is 0 Å². The van der Waals surface area contributed by atoms with E-state index in [0.717, 1.165) is 24.7 Å². The summed E-state index contributed by atoms with van der Waals surface area (Å²) in [6.07, 6.45) is 0. The first-order chi connectivity index (χ1) is 7.95. The van der Waals surface area contributed by atoms with E-state index in [1.165, 1.54) is 5.56 Å². The van der Waals surface area contributed by atoms with Crippen LogP contribution in [0.15, 0.2) is 24.3 Å². The molecule has 2 nitrogen and oxygen atoms in total. The van der Waals surface area contributed by atoms with Crippen molar-refractivity contribution in [3.8, 4) is 0 Å². The highest BCUT2D eigenvalue weighted by atomic mass is 35.5. The fraction of sp³-hybridized carbons (Fsp3) is 0.571. The summed E-state index contributed by atoms with van der Waals surface area (Å²) in [6, 6.07) is 8.08. The highest BCUT2D eigenvalue weighted by Crippen LogP contribution is 2.23. The second-order valence-electron chi connectivity index (χ2n) is 5.36. The summed E-state index contributed by atoms with van der Waals surface area (Å²) in [5, 5.41) is 4.26. The van der Waals surface area contributed by atoms with E-state index in [0.29, 0.717) is 5.92 Å². The van der Waals surface area contributed by atoms with Gasteiger partial charge in [0.05, 0.1) is 0 Å². The topological polar surface area (TPSA) is 38.0 Å². The highest BCUT2D eigenvalue weighted by Gasteiger charge is 2.20. The molecule has 0 amide bonds. The van der Waals surface area contributed by atoms with Crippen molar-refractivity contribution in [2.45, 2.75) is 26.2 Å². The molecule has 96 valence electrons. The summed E-state index contributed by atoms with van der Waals surface area (Å²) in [5.74, 6) is 0.524. The molecule has 0 aliphatic heterocycles. The Balaban J connectivity index is 2.53. The molecule has 0 spiro atoms. The predicted octanol–water partition coefficient (Wildman–Crippen LogP) is 2.80. The van der Waals surface area contributed by atoms with E-state index in [9.17, 15) is 0 Å². The zero-order valence-corrected chi connectivity index (χ0v) is 11.7. The Kier molecular flexibility index (Phi) is 5.44. The number of nitrogens with two attached hydrogens (primary N) is 1. The molecule has 0 bridgehead atoms. The minimum atomic E-state index is 0.110. The fourth-order valence-electron chi connectivity index (χ4n) is 1.72. The third-order valence-corrected chi connectivity index (χ3v) is 3.34. The second kappa shape index (κ2) is 6.39. The third kappa shape index (κ3) is 4.66. The zero-order valence-electron chi connectivity index (χ0n) is 11.0. The molecule has 0 heterocycles. The number of nitrogens with one attached hydrogen (secondary N) is 1. The Morgan fingerprint density at radius 1 is 1.29 bits per heavy atom. The van der Waals surface area contributed by atoms with Crippen LogP contribution in [0.4, 0.5) is 0 Å². The van der Waals surface area contributed by atoms with Crippen LogP contribution in [0.1, 0.15) is 26.3 Å². The summed E-state index contributed by atoms with van der Waals surface area (Å²) < 4.78 is 0. The van der Waals surface area contributed by atoms with Gasteiger partial charge in [-0.05, 0) is 36.7 Å². The summed E-state index contributed by atoms with van der Waals surface area (Å²) in [4.78, 5) is 0. The standard InChI is InChI=1S/C14H23ClN2/c1-11(8-16)9-17-10-14(2,3)12-4-6-13(15)7-5-12/h4-7,11,17H,8-10,16H2,1-3H3. The largest absolute Gasteiger partial charge is 0.330 e.